The second-order valence-electron chi connectivity index (χ2n) is 7.28. The molecule has 1 saturated carbocycles. The van der Waals surface area contributed by atoms with Crippen LogP contribution in [0.4, 0.5) is 0 Å². The van der Waals surface area contributed by atoms with Crippen LogP contribution in [0, 0.1) is 19.8 Å². The molecular formula is C20H22N4O3. The average molecular weight is 366 g/mol. The van der Waals surface area contributed by atoms with E-state index in [0.717, 1.165) is 33.5 Å². The summed E-state index contributed by atoms with van der Waals surface area (Å²) in [6.07, 6.45) is 1.97. The maximum absolute atomic E-state index is 12.2. The van der Waals surface area contributed by atoms with E-state index >= 15 is 0 Å². The molecule has 27 heavy (non-hydrogen) atoms. The third-order valence-corrected chi connectivity index (χ3v) is 5.47. The predicted molar refractivity (Wildman–Crippen MR) is 101 cm³/mol. The number of aryl methyl sites for hydroxylation is 2. The lowest BCUT2D eigenvalue weighted by atomic mass is 9.80. The molecule has 1 aliphatic rings. The molecule has 140 valence electrons. The van der Waals surface area contributed by atoms with Crippen molar-refractivity contribution in [3.05, 3.63) is 41.2 Å². The van der Waals surface area contributed by atoms with Crippen molar-refractivity contribution in [2.45, 2.75) is 45.6 Å². The van der Waals surface area contributed by atoms with E-state index in [1.165, 1.54) is 0 Å². The van der Waals surface area contributed by atoms with Crippen LogP contribution in [-0.4, -0.2) is 37.6 Å². The highest BCUT2D eigenvalue weighted by molar-refractivity contribution is 5.92. The molecular weight excluding hydrogens is 344 g/mol. The zero-order valence-electron chi connectivity index (χ0n) is 15.4. The maximum atomic E-state index is 12.2. The van der Waals surface area contributed by atoms with Crippen LogP contribution in [0.2, 0.25) is 0 Å². The number of nitrogens with one attached hydrogen (secondary N) is 1. The smallest absolute Gasteiger partial charge is 0.306 e. The summed E-state index contributed by atoms with van der Waals surface area (Å²) in [5.41, 5.74) is 4.68. The number of carbonyl (C=O) groups excluding carboxylic acids is 1. The number of nitrogens with zero attached hydrogens (tertiary/aromatic N) is 3. The van der Waals surface area contributed by atoms with Gasteiger partial charge in [-0.05, 0) is 50.8 Å². The molecule has 0 aliphatic heterocycles. The van der Waals surface area contributed by atoms with Gasteiger partial charge < -0.3 is 10.4 Å². The van der Waals surface area contributed by atoms with Gasteiger partial charge in [0.2, 0.25) is 5.91 Å². The maximum Gasteiger partial charge on any atom is 0.306 e. The Kier molecular flexibility index (Phi) is 4.30. The van der Waals surface area contributed by atoms with E-state index in [9.17, 15) is 9.59 Å². The Morgan fingerprint density at radius 1 is 1.26 bits per heavy atom. The Labute approximate surface area is 156 Å². The summed E-state index contributed by atoms with van der Waals surface area (Å²) in [4.78, 5) is 27.8. The van der Waals surface area contributed by atoms with Crippen molar-refractivity contribution < 1.29 is 14.7 Å². The van der Waals surface area contributed by atoms with E-state index in [1.54, 1.807) is 0 Å². The number of fused-ring (bicyclic) bond motifs is 3. The molecule has 3 aromatic rings. The molecule has 0 unspecified atom stereocenters. The molecule has 1 aromatic carbocycles. The highest BCUT2D eigenvalue weighted by Crippen LogP contribution is 2.27. The van der Waals surface area contributed by atoms with Crippen LogP contribution >= 0.6 is 0 Å². The fraction of sp³-hybridized carbons (Fsp3) is 0.400. The van der Waals surface area contributed by atoms with Gasteiger partial charge in [-0.3, -0.25) is 9.59 Å². The number of carbonyl (C=O) groups is 2. The van der Waals surface area contributed by atoms with Gasteiger partial charge >= 0.3 is 5.97 Å². The minimum Gasteiger partial charge on any atom is -0.481 e. The highest BCUT2D eigenvalue weighted by Gasteiger charge is 2.35. The standard InChI is InChI=1S/C20H22N4O3/c1-11-15(7-8-18(25)22-14-9-13(10-14)20(26)27)12(2)24-19(21-11)16-5-3-4-6-17(16)23-24/h3-6,13-14H,7-10H2,1-2H3,(H,22,25)(H,26,27). The summed E-state index contributed by atoms with van der Waals surface area (Å²) < 4.78 is 1.86. The van der Waals surface area contributed by atoms with Gasteiger partial charge in [-0.1, -0.05) is 12.1 Å². The molecule has 2 aromatic heterocycles. The van der Waals surface area contributed by atoms with Gasteiger partial charge in [0.05, 0.1) is 11.4 Å². The van der Waals surface area contributed by atoms with E-state index < -0.39 is 5.97 Å². The number of aromatic nitrogens is 3. The van der Waals surface area contributed by atoms with Gasteiger partial charge in [-0.25, -0.2) is 9.50 Å². The molecule has 1 fully saturated rings. The number of carboxylic acid groups (broad SMARTS) is 1. The van der Waals surface area contributed by atoms with Gasteiger partial charge in [0, 0.05) is 29.2 Å². The van der Waals surface area contributed by atoms with E-state index in [4.69, 9.17) is 10.1 Å². The fourth-order valence-electron chi connectivity index (χ4n) is 3.81. The zero-order chi connectivity index (χ0) is 19.1. The largest absolute Gasteiger partial charge is 0.481 e. The second kappa shape index (κ2) is 6.64. The SMILES string of the molecule is Cc1nc2c3ccccc3nn2c(C)c1CCC(=O)NC1CC(C(=O)O)C1. The summed E-state index contributed by atoms with van der Waals surface area (Å²) in [6, 6.07) is 7.90. The van der Waals surface area contributed by atoms with Gasteiger partial charge in [-0.2, -0.15) is 5.10 Å². The molecule has 1 amide bonds. The first kappa shape index (κ1) is 17.5. The first-order valence-corrected chi connectivity index (χ1v) is 9.19. The predicted octanol–water partition coefficient (Wildman–Crippen LogP) is 2.41. The fourth-order valence-corrected chi connectivity index (χ4v) is 3.81. The molecule has 0 bridgehead atoms. The number of hydrogen-bond acceptors (Lipinski definition) is 4. The van der Waals surface area contributed by atoms with Gasteiger partial charge in [-0.15, -0.1) is 0 Å². The van der Waals surface area contributed by atoms with Crippen molar-refractivity contribution in [2.75, 3.05) is 0 Å². The Morgan fingerprint density at radius 2 is 2.00 bits per heavy atom. The van der Waals surface area contributed by atoms with Crippen LogP contribution in [-0.2, 0) is 16.0 Å². The number of aliphatic carboxylic acids is 1. The van der Waals surface area contributed by atoms with Crippen LogP contribution in [0.3, 0.4) is 0 Å². The topological polar surface area (TPSA) is 96.6 Å². The first-order chi connectivity index (χ1) is 12.9. The third kappa shape index (κ3) is 3.13. The number of carboxylic acids is 1. The summed E-state index contributed by atoms with van der Waals surface area (Å²) in [6.45, 7) is 3.97. The van der Waals surface area contributed by atoms with Crippen LogP contribution in [0.5, 0.6) is 0 Å². The summed E-state index contributed by atoms with van der Waals surface area (Å²) >= 11 is 0. The number of rotatable bonds is 5. The monoisotopic (exact) mass is 366 g/mol. The van der Waals surface area contributed by atoms with E-state index in [1.807, 2.05) is 42.6 Å². The van der Waals surface area contributed by atoms with Crippen LogP contribution in [0.1, 0.15) is 36.2 Å². The first-order valence-electron chi connectivity index (χ1n) is 9.19. The molecule has 7 heteroatoms. The number of amides is 1. The lowest BCUT2D eigenvalue weighted by Crippen LogP contribution is -2.46. The van der Waals surface area contributed by atoms with Crippen molar-refractivity contribution in [1.82, 2.24) is 19.9 Å². The van der Waals surface area contributed by atoms with Crippen molar-refractivity contribution >= 4 is 28.4 Å². The molecule has 2 heterocycles. The van der Waals surface area contributed by atoms with Crippen molar-refractivity contribution in [2.24, 2.45) is 5.92 Å². The Morgan fingerprint density at radius 3 is 2.74 bits per heavy atom. The lowest BCUT2D eigenvalue weighted by molar-refractivity contribution is -0.146. The number of hydrogen-bond donors (Lipinski definition) is 2. The molecule has 7 nitrogen and oxygen atoms in total. The van der Waals surface area contributed by atoms with Crippen LogP contribution in [0.25, 0.3) is 16.6 Å². The Hall–Kier alpha value is -2.96. The third-order valence-electron chi connectivity index (χ3n) is 5.47. The van der Waals surface area contributed by atoms with E-state index in [2.05, 4.69) is 10.4 Å². The summed E-state index contributed by atoms with van der Waals surface area (Å²) in [5, 5.41) is 17.5. The quantitative estimate of drug-likeness (QED) is 0.723. The zero-order valence-corrected chi connectivity index (χ0v) is 15.4. The minimum absolute atomic E-state index is 0.0159. The number of benzene rings is 1. The van der Waals surface area contributed by atoms with Gasteiger partial charge in [0.25, 0.3) is 0 Å². The lowest BCUT2D eigenvalue weighted by Gasteiger charge is -2.32. The van der Waals surface area contributed by atoms with E-state index in [0.29, 0.717) is 25.7 Å². The summed E-state index contributed by atoms with van der Waals surface area (Å²) in [7, 11) is 0. The molecule has 0 radical (unpaired) electrons. The van der Waals surface area contributed by atoms with Gasteiger partial charge in [0.1, 0.15) is 0 Å². The molecule has 2 N–H and O–H groups in total. The molecule has 1 aliphatic carbocycles. The van der Waals surface area contributed by atoms with E-state index in [-0.39, 0.29) is 17.9 Å². The van der Waals surface area contributed by atoms with Crippen LogP contribution in [0.15, 0.2) is 24.3 Å². The molecule has 0 atom stereocenters. The van der Waals surface area contributed by atoms with Crippen molar-refractivity contribution in [3.63, 3.8) is 0 Å². The second-order valence-corrected chi connectivity index (χ2v) is 7.28. The minimum atomic E-state index is -0.780. The Balaban J connectivity index is 1.48. The molecule has 0 saturated heterocycles. The normalized spacial score (nSPS) is 19.2. The summed E-state index contributed by atoms with van der Waals surface area (Å²) in [5.74, 6) is -1.15. The van der Waals surface area contributed by atoms with Crippen molar-refractivity contribution in [3.8, 4) is 0 Å². The molecule has 0 spiro atoms. The van der Waals surface area contributed by atoms with Crippen molar-refractivity contribution in [1.29, 1.82) is 0 Å². The highest BCUT2D eigenvalue weighted by atomic mass is 16.4. The van der Waals surface area contributed by atoms with Crippen LogP contribution < -0.4 is 5.32 Å². The molecule has 4 rings (SSSR count). The van der Waals surface area contributed by atoms with Gasteiger partial charge in [0.15, 0.2) is 5.65 Å². The average Bonchev–Trinajstić information content (AvgIpc) is 2.96. The Bertz CT molecular complexity index is 1050.